The lowest BCUT2D eigenvalue weighted by atomic mass is 10.3. The summed E-state index contributed by atoms with van der Waals surface area (Å²) in [5.74, 6) is -0.887. The van der Waals surface area contributed by atoms with Crippen molar-refractivity contribution in [1.29, 1.82) is 0 Å². The van der Waals surface area contributed by atoms with Crippen LogP contribution in [0.25, 0.3) is 17.1 Å². The molecule has 0 bridgehead atoms. The molecule has 30 heavy (non-hydrogen) atoms. The highest BCUT2D eigenvalue weighted by molar-refractivity contribution is 8.18. The van der Waals surface area contributed by atoms with E-state index in [2.05, 4.69) is 4.98 Å². The standard InChI is InChI=1S/C20H17N3O5S2/c1-11(2)23-18(26)15(29-20(23)27)9-12-7-8-17(28-12)30-19-21-13-5-3-4-6-14(13)22(19)10-16(24)25/h3-9,11H,10H2,1-2H3,(H,24,25)/b15-9-. The molecule has 0 spiro atoms. The molecule has 2 amide bonds. The maximum Gasteiger partial charge on any atom is 0.323 e. The van der Waals surface area contributed by atoms with Crippen molar-refractivity contribution in [2.75, 3.05) is 0 Å². The van der Waals surface area contributed by atoms with Gasteiger partial charge in [-0.2, -0.15) is 0 Å². The molecule has 154 valence electrons. The number of aliphatic carboxylic acids is 1. The second-order valence-electron chi connectivity index (χ2n) is 6.77. The third kappa shape index (κ3) is 3.88. The normalized spacial score (nSPS) is 15.8. The molecule has 1 aromatic carbocycles. The highest BCUT2D eigenvalue weighted by atomic mass is 32.2. The Morgan fingerprint density at radius 2 is 2.03 bits per heavy atom. The lowest BCUT2D eigenvalue weighted by molar-refractivity contribution is -0.137. The van der Waals surface area contributed by atoms with Crippen molar-refractivity contribution < 1.29 is 23.9 Å². The summed E-state index contributed by atoms with van der Waals surface area (Å²) in [6.45, 7) is 3.34. The number of fused-ring (bicyclic) bond motifs is 1. The quantitative estimate of drug-likeness (QED) is 0.562. The van der Waals surface area contributed by atoms with Gasteiger partial charge in [0.25, 0.3) is 11.1 Å². The van der Waals surface area contributed by atoms with Gasteiger partial charge in [0.2, 0.25) is 0 Å². The Kier molecular flexibility index (Phi) is 5.44. The number of nitrogens with zero attached hydrogens (tertiary/aromatic N) is 3. The number of imidazole rings is 1. The van der Waals surface area contributed by atoms with E-state index < -0.39 is 5.97 Å². The molecule has 0 atom stereocenters. The summed E-state index contributed by atoms with van der Waals surface area (Å²) in [7, 11) is 0. The number of carboxylic acids is 1. The van der Waals surface area contributed by atoms with Crippen LogP contribution in [0.1, 0.15) is 19.6 Å². The zero-order valence-electron chi connectivity index (χ0n) is 16.1. The molecular formula is C20H17N3O5S2. The second-order valence-corrected chi connectivity index (χ2v) is 8.73. The number of hydrogen-bond acceptors (Lipinski definition) is 7. The highest BCUT2D eigenvalue weighted by Crippen LogP contribution is 2.35. The number of amides is 2. The van der Waals surface area contributed by atoms with Crippen molar-refractivity contribution in [3.05, 3.63) is 47.1 Å². The van der Waals surface area contributed by atoms with E-state index in [4.69, 9.17) is 4.42 Å². The van der Waals surface area contributed by atoms with E-state index >= 15 is 0 Å². The number of aromatic nitrogens is 2. The van der Waals surface area contributed by atoms with Gasteiger partial charge in [-0.25, -0.2) is 4.98 Å². The molecular weight excluding hydrogens is 426 g/mol. The summed E-state index contributed by atoms with van der Waals surface area (Å²) < 4.78 is 7.38. The van der Waals surface area contributed by atoms with Crippen molar-refractivity contribution in [3.8, 4) is 0 Å². The predicted octanol–water partition coefficient (Wildman–Crippen LogP) is 4.31. The Morgan fingerprint density at radius 1 is 1.27 bits per heavy atom. The van der Waals surface area contributed by atoms with Crippen molar-refractivity contribution in [3.63, 3.8) is 0 Å². The van der Waals surface area contributed by atoms with Crippen LogP contribution < -0.4 is 0 Å². The van der Waals surface area contributed by atoms with Crippen LogP contribution in [0.2, 0.25) is 0 Å². The summed E-state index contributed by atoms with van der Waals surface area (Å²) in [5, 5.41) is 9.93. The maximum absolute atomic E-state index is 12.4. The number of benzene rings is 1. The van der Waals surface area contributed by atoms with Crippen LogP contribution in [0.5, 0.6) is 0 Å². The molecule has 1 N–H and O–H groups in total. The molecule has 1 saturated heterocycles. The Balaban J connectivity index is 1.60. The van der Waals surface area contributed by atoms with E-state index in [0.29, 0.717) is 26.4 Å². The minimum absolute atomic E-state index is 0.214. The van der Waals surface area contributed by atoms with Gasteiger partial charge in [0.15, 0.2) is 10.2 Å². The Hall–Kier alpha value is -2.98. The van der Waals surface area contributed by atoms with Crippen molar-refractivity contribution in [2.45, 2.75) is 36.7 Å². The molecule has 1 aliphatic heterocycles. The van der Waals surface area contributed by atoms with Gasteiger partial charge in [-0.3, -0.25) is 19.3 Å². The fourth-order valence-corrected chi connectivity index (χ4v) is 4.84. The van der Waals surface area contributed by atoms with Crippen LogP contribution in [0.4, 0.5) is 4.79 Å². The molecule has 0 saturated carbocycles. The maximum atomic E-state index is 12.4. The number of rotatable bonds is 6. The van der Waals surface area contributed by atoms with Gasteiger partial charge in [0.05, 0.1) is 15.9 Å². The molecule has 1 fully saturated rings. The Labute approximate surface area is 179 Å². The largest absolute Gasteiger partial charge is 0.480 e. The molecule has 4 rings (SSSR count). The van der Waals surface area contributed by atoms with Crippen LogP contribution in [0, 0.1) is 0 Å². The SMILES string of the molecule is CC(C)N1C(=O)S/C(=C\c2ccc(Sc3nc4ccccc4n3CC(=O)O)o2)C1=O. The van der Waals surface area contributed by atoms with E-state index in [0.717, 1.165) is 17.3 Å². The van der Waals surface area contributed by atoms with Gasteiger partial charge < -0.3 is 14.1 Å². The smallest absolute Gasteiger partial charge is 0.323 e. The van der Waals surface area contributed by atoms with Crippen LogP contribution >= 0.6 is 23.5 Å². The number of carbonyl (C=O) groups is 3. The van der Waals surface area contributed by atoms with Gasteiger partial charge in [0, 0.05) is 12.1 Å². The van der Waals surface area contributed by atoms with E-state index in [1.807, 2.05) is 24.3 Å². The van der Waals surface area contributed by atoms with E-state index in [-0.39, 0.29) is 23.7 Å². The summed E-state index contributed by atoms with van der Waals surface area (Å²) in [6, 6.07) is 10.5. The van der Waals surface area contributed by atoms with E-state index in [1.54, 1.807) is 30.5 Å². The molecule has 8 nitrogen and oxygen atoms in total. The minimum atomic E-state index is -0.971. The lowest BCUT2D eigenvalue weighted by Gasteiger charge is -2.16. The Bertz CT molecular complexity index is 1190. The number of carboxylic acid groups (broad SMARTS) is 1. The van der Waals surface area contributed by atoms with Crippen LogP contribution in [-0.2, 0) is 16.1 Å². The first-order valence-electron chi connectivity index (χ1n) is 9.05. The van der Waals surface area contributed by atoms with E-state index in [9.17, 15) is 19.5 Å². The van der Waals surface area contributed by atoms with Gasteiger partial charge in [-0.15, -0.1) is 0 Å². The van der Waals surface area contributed by atoms with Gasteiger partial charge in [-0.05, 0) is 61.6 Å². The molecule has 0 aliphatic carbocycles. The summed E-state index contributed by atoms with van der Waals surface area (Å²) >= 11 is 2.07. The Morgan fingerprint density at radius 3 is 2.73 bits per heavy atom. The summed E-state index contributed by atoms with van der Waals surface area (Å²) in [5.41, 5.74) is 1.41. The topological polar surface area (TPSA) is 106 Å². The third-order valence-corrected chi connectivity index (χ3v) is 6.12. The first-order chi connectivity index (χ1) is 14.3. The minimum Gasteiger partial charge on any atom is -0.480 e. The lowest BCUT2D eigenvalue weighted by Crippen LogP contribution is -2.34. The molecule has 2 aromatic heterocycles. The van der Waals surface area contributed by atoms with Crippen molar-refractivity contribution in [1.82, 2.24) is 14.5 Å². The molecule has 0 radical (unpaired) electrons. The highest BCUT2D eigenvalue weighted by Gasteiger charge is 2.36. The van der Waals surface area contributed by atoms with Crippen molar-refractivity contribution >= 4 is 57.7 Å². The average Bonchev–Trinajstić information content (AvgIpc) is 3.33. The average molecular weight is 444 g/mol. The summed E-state index contributed by atoms with van der Waals surface area (Å²) in [4.78, 5) is 41.7. The zero-order chi connectivity index (χ0) is 21.4. The molecule has 3 aromatic rings. The number of imide groups is 1. The van der Waals surface area contributed by atoms with Gasteiger partial charge in [-0.1, -0.05) is 12.1 Å². The molecule has 0 unspecified atom stereocenters. The zero-order valence-corrected chi connectivity index (χ0v) is 17.7. The number of para-hydroxylation sites is 2. The van der Waals surface area contributed by atoms with Gasteiger partial charge in [0.1, 0.15) is 12.3 Å². The van der Waals surface area contributed by atoms with Crippen LogP contribution in [0.15, 0.2) is 56.0 Å². The first-order valence-corrected chi connectivity index (χ1v) is 10.7. The molecule has 10 heteroatoms. The predicted molar refractivity (Wildman–Crippen MR) is 113 cm³/mol. The first kappa shape index (κ1) is 20.3. The molecule has 3 heterocycles. The number of carbonyl (C=O) groups excluding carboxylic acids is 2. The second kappa shape index (κ2) is 8.04. The van der Waals surface area contributed by atoms with Crippen LogP contribution in [-0.4, -0.2) is 42.7 Å². The monoisotopic (exact) mass is 443 g/mol. The third-order valence-electron chi connectivity index (χ3n) is 4.32. The fraction of sp³-hybridized carbons (Fsp3) is 0.200. The fourth-order valence-electron chi connectivity index (χ4n) is 3.03. The molecule has 1 aliphatic rings. The van der Waals surface area contributed by atoms with Crippen molar-refractivity contribution in [2.24, 2.45) is 0 Å². The number of furan rings is 1. The van der Waals surface area contributed by atoms with E-state index in [1.165, 1.54) is 22.7 Å². The van der Waals surface area contributed by atoms with Crippen LogP contribution in [0.3, 0.4) is 0 Å². The van der Waals surface area contributed by atoms with Gasteiger partial charge >= 0.3 is 5.97 Å². The summed E-state index contributed by atoms with van der Waals surface area (Å²) in [6.07, 6.45) is 1.54. The number of hydrogen-bond donors (Lipinski definition) is 1. The number of thioether (sulfide) groups is 1.